The molecule has 1 heterocycles. The summed E-state index contributed by atoms with van der Waals surface area (Å²) in [5, 5.41) is 12.3. The Morgan fingerprint density at radius 1 is 1.40 bits per heavy atom. The number of allylic oxidation sites excluding steroid dienone is 1. The number of rotatable bonds is 7. The number of halogens is 1. The van der Waals surface area contributed by atoms with Crippen molar-refractivity contribution in [1.82, 2.24) is 10.2 Å². The minimum Gasteiger partial charge on any atom is -0.480 e. The van der Waals surface area contributed by atoms with Crippen LogP contribution < -0.4 is 5.32 Å². The van der Waals surface area contributed by atoms with Gasteiger partial charge in [0.15, 0.2) is 0 Å². The highest BCUT2D eigenvalue weighted by molar-refractivity contribution is 7.99. The quantitative estimate of drug-likeness (QED) is 0.707. The first-order valence-electron chi connectivity index (χ1n) is 7.72. The summed E-state index contributed by atoms with van der Waals surface area (Å²) in [5.74, 6) is -1.02. The number of nitrogens with one attached hydrogen (secondary N) is 1. The lowest BCUT2D eigenvalue weighted by atomic mass is 10.1. The number of nitrogens with zero attached hydrogens (tertiary/aromatic N) is 1. The van der Waals surface area contributed by atoms with Crippen molar-refractivity contribution in [2.45, 2.75) is 24.9 Å². The zero-order valence-corrected chi connectivity index (χ0v) is 15.1. The molecule has 2 atom stereocenters. The maximum absolute atomic E-state index is 12.6. The van der Waals surface area contributed by atoms with Crippen LogP contribution in [-0.4, -0.2) is 51.5 Å². The molecule has 1 saturated heterocycles. The second-order valence-electron chi connectivity index (χ2n) is 5.56. The van der Waals surface area contributed by atoms with Crippen LogP contribution in [0.3, 0.4) is 0 Å². The summed E-state index contributed by atoms with van der Waals surface area (Å²) in [7, 11) is 0. The second-order valence-corrected chi connectivity index (χ2v) is 7.00. The van der Waals surface area contributed by atoms with E-state index in [4.69, 9.17) is 11.6 Å². The monoisotopic (exact) mass is 382 g/mol. The summed E-state index contributed by atoms with van der Waals surface area (Å²) in [5.41, 5.74) is 0.436. The molecular formula is C17H19ClN2O4S. The van der Waals surface area contributed by atoms with Crippen molar-refractivity contribution in [3.8, 4) is 0 Å². The van der Waals surface area contributed by atoms with Crippen LogP contribution in [0.1, 0.15) is 23.2 Å². The van der Waals surface area contributed by atoms with Crippen molar-refractivity contribution in [1.29, 1.82) is 0 Å². The fourth-order valence-corrected chi connectivity index (χ4v) is 3.71. The van der Waals surface area contributed by atoms with Crippen molar-refractivity contribution in [2.24, 2.45) is 0 Å². The summed E-state index contributed by atoms with van der Waals surface area (Å²) < 4.78 is 0. The van der Waals surface area contributed by atoms with Crippen molar-refractivity contribution >= 4 is 41.1 Å². The third kappa shape index (κ3) is 4.99. The first kappa shape index (κ1) is 19.3. The van der Waals surface area contributed by atoms with Crippen LogP contribution in [0, 0.1) is 0 Å². The van der Waals surface area contributed by atoms with E-state index in [1.807, 2.05) is 0 Å². The number of carbonyl (C=O) groups excluding carboxylic acids is 2. The Balaban J connectivity index is 2.07. The summed E-state index contributed by atoms with van der Waals surface area (Å²) in [6.45, 7) is 3.55. The molecule has 0 aromatic heterocycles. The molecule has 1 aromatic carbocycles. The zero-order valence-electron chi connectivity index (χ0n) is 13.5. The van der Waals surface area contributed by atoms with E-state index >= 15 is 0 Å². The van der Waals surface area contributed by atoms with E-state index in [1.165, 1.54) is 16.7 Å². The predicted molar refractivity (Wildman–Crippen MR) is 97.7 cm³/mol. The summed E-state index contributed by atoms with van der Waals surface area (Å²) >= 11 is 7.28. The van der Waals surface area contributed by atoms with Gasteiger partial charge < -0.3 is 15.3 Å². The van der Waals surface area contributed by atoms with Gasteiger partial charge in [-0.05, 0) is 37.1 Å². The van der Waals surface area contributed by atoms with Crippen LogP contribution in [0.4, 0.5) is 0 Å². The van der Waals surface area contributed by atoms with Crippen LogP contribution in [0.2, 0.25) is 5.02 Å². The van der Waals surface area contributed by atoms with Crippen LogP contribution in [0.5, 0.6) is 0 Å². The number of aliphatic carboxylic acids is 1. The fraction of sp³-hybridized carbons (Fsp3) is 0.353. The molecule has 1 aliphatic heterocycles. The largest absolute Gasteiger partial charge is 0.480 e. The first-order valence-corrected chi connectivity index (χ1v) is 9.25. The molecule has 1 aromatic rings. The van der Waals surface area contributed by atoms with Gasteiger partial charge in [0.2, 0.25) is 5.91 Å². The van der Waals surface area contributed by atoms with E-state index in [0.717, 1.165) is 0 Å². The maximum atomic E-state index is 12.6. The molecule has 0 spiro atoms. The van der Waals surface area contributed by atoms with E-state index in [1.54, 1.807) is 30.3 Å². The summed E-state index contributed by atoms with van der Waals surface area (Å²) in [4.78, 5) is 37.9. The van der Waals surface area contributed by atoms with Gasteiger partial charge in [0.1, 0.15) is 12.1 Å². The fourth-order valence-electron chi connectivity index (χ4n) is 2.43. The normalized spacial score (nSPS) is 17.8. The average Bonchev–Trinajstić information content (AvgIpc) is 3.08. The third-order valence-electron chi connectivity index (χ3n) is 3.81. The second kappa shape index (κ2) is 8.92. The number of carboxylic acids is 1. The molecule has 6 nitrogen and oxygen atoms in total. The Morgan fingerprint density at radius 3 is 2.68 bits per heavy atom. The molecule has 0 bridgehead atoms. The Morgan fingerprint density at radius 2 is 2.08 bits per heavy atom. The highest BCUT2D eigenvalue weighted by Gasteiger charge is 2.36. The van der Waals surface area contributed by atoms with E-state index in [-0.39, 0.29) is 12.3 Å². The van der Waals surface area contributed by atoms with Gasteiger partial charge in [-0.1, -0.05) is 17.7 Å². The van der Waals surface area contributed by atoms with Crippen LogP contribution >= 0.6 is 23.4 Å². The Kier molecular flexibility index (Phi) is 6.90. The first-order chi connectivity index (χ1) is 11.9. The highest BCUT2D eigenvalue weighted by atomic mass is 35.5. The molecule has 0 radical (unpaired) electrons. The number of carboxylic acid groups (broad SMARTS) is 1. The molecule has 1 aliphatic rings. The average molecular weight is 383 g/mol. The SMILES string of the molecule is C=CCCC(NC(=O)C1CSCN1C(=O)c1ccc(Cl)cc1)C(=O)O. The standard InChI is InChI=1S/C17H19ClN2O4S/c1-2-3-4-13(17(23)24)19-15(21)14-9-25-10-20(14)16(22)11-5-7-12(18)8-6-11/h2,5-8,13-14H,1,3-4,9-10H2,(H,19,21)(H,23,24). The topological polar surface area (TPSA) is 86.7 Å². The lowest BCUT2D eigenvalue weighted by molar-refractivity contribution is -0.142. The summed E-state index contributed by atoms with van der Waals surface area (Å²) in [6.07, 6.45) is 2.34. The molecule has 134 valence electrons. The molecule has 8 heteroatoms. The molecule has 25 heavy (non-hydrogen) atoms. The van der Waals surface area contributed by atoms with Gasteiger partial charge >= 0.3 is 5.97 Å². The lowest BCUT2D eigenvalue weighted by Crippen LogP contribution is -2.51. The van der Waals surface area contributed by atoms with Crippen molar-refractivity contribution in [3.05, 3.63) is 47.5 Å². The van der Waals surface area contributed by atoms with Gasteiger partial charge in [-0.3, -0.25) is 9.59 Å². The van der Waals surface area contributed by atoms with Crippen LogP contribution in [0.15, 0.2) is 36.9 Å². The number of hydrogen-bond donors (Lipinski definition) is 2. The summed E-state index contributed by atoms with van der Waals surface area (Å²) in [6, 6.07) is 4.74. The lowest BCUT2D eigenvalue weighted by Gasteiger charge is -2.24. The molecule has 0 saturated carbocycles. The number of hydrogen-bond acceptors (Lipinski definition) is 4. The van der Waals surface area contributed by atoms with Crippen LogP contribution in [-0.2, 0) is 9.59 Å². The Hall–Kier alpha value is -1.99. The third-order valence-corrected chi connectivity index (χ3v) is 5.08. The number of carbonyl (C=O) groups is 3. The number of amides is 2. The van der Waals surface area contributed by atoms with Crippen molar-refractivity contribution < 1.29 is 19.5 Å². The van der Waals surface area contributed by atoms with Crippen molar-refractivity contribution in [3.63, 3.8) is 0 Å². The molecular weight excluding hydrogens is 364 g/mol. The van der Waals surface area contributed by atoms with Gasteiger partial charge in [-0.15, -0.1) is 18.3 Å². The highest BCUT2D eigenvalue weighted by Crippen LogP contribution is 2.24. The van der Waals surface area contributed by atoms with E-state index in [9.17, 15) is 19.5 Å². The van der Waals surface area contributed by atoms with Crippen LogP contribution in [0.25, 0.3) is 0 Å². The Labute approximate surface area is 155 Å². The Bertz CT molecular complexity index is 665. The van der Waals surface area contributed by atoms with E-state index in [2.05, 4.69) is 11.9 Å². The zero-order chi connectivity index (χ0) is 18.4. The van der Waals surface area contributed by atoms with Gasteiger partial charge in [-0.25, -0.2) is 4.79 Å². The smallest absolute Gasteiger partial charge is 0.326 e. The van der Waals surface area contributed by atoms with Gasteiger partial charge in [-0.2, -0.15) is 0 Å². The number of benzene rings is 1. The predicted octanol–water partition coefficient (Wildman–Crippen LogP) is 2.39. The van der Waals surface area contributed by atoms with Gasteiger partial charge in [0.25, 0.3) is 5.91 Å². The molecule has 2 unspecified atom stereocenters. The van der Waals surface area contributed by atoms with E-state index < -0.39 is 24.0 Å². The van der Waals surface area contributed by atoms with Crippen molar-refractivity contribution in [2.75, 3.05) is 11.6 Å². The molecule has 2 amide bonds. The minimum absolute atomic E-state index is 0.259. The molecule has 2 N–H and O–H groups in total. The molecule has 0 aliphatic carbocycles. The van der Waals surface area contributed by atoms with Gasteiger partial charge in [0, 0.05) is 16.3 Å². The van der Waals surface area contributed by atoms with E-state index in [0.29, 0.717) is 28.6 Å². The number of thioether (sulfide) groups is 1. The molecule has 2 rings (SSSR count). The molecule has 1 fully saturated rings. The minimum atomic E-state index is -1.10. The van der Waals surface area contributed by atoms with Gasteiger partial charge in [0.05, 0.1) is 5.88 Å². The maximum Gasteiger partial charge on any atom is 0.326 e.